The molecule has 3 aromatic rings. The average molecular weight is 360 g/mol. The molecule has 0 fully saturated rings. The Bertz CT molecular complexity index is 940. The van der Waals surface area contributed by atoms with Crippen molar-refractivity contribution in [1.82, 2.24) is 4.98 Å². The van der Waals surface area contributed by atoms with Crippen LogP contribution in [-0.4, -0.2) is 16.8 Å². The molecule has 0 spiro atoms. The zero-order valence-corrected chi connectivity index (χ0v) is 14.9. The number of carbonyl (C=O) groups excluding carboxylic acids is 2. The molecule has 27 heavy (non-hydrogen) atoms. The molecular weight excluding hydrogens is 340 g/mol. The zero-order chi connectivity index (χ0) is 19.2. The number of rotatable bonds is 5. The molecule has 1 aromatic heterocycles. The van der Waals surface area contributed by atoms with Gasteiger partial charge in [-0.2, -0.15) is 0 Å². The Morgan fingerprint density at radius 3 is 2.41 bits per heavy atom. The van der Waals surface area contributed by atoms with Crippen molar-refractivity contribution in [1.29, 1.82) is 0 Å². The second-order valence-corrected chi connectivity index (χ2v) is 6.05. The molecule has 6 nitrogen and oxygen atoms in total. The molecule has 6 heteroatoms. The summed E-state index contributed by atoms with van der Waals surface area (Å²) in [5.74, 6) is -0.320. The van der Waals surface area contributed by atoms with Crippen LogP contribution in [0.25, 0.3) is 0 Å². The SMILES string of the molecule is CC(=O)N(Cc1ccc(C(=O)Nc2ccccc2N)cc1)c1cccnc1. The van der Waals surface area contributed by atoms with Gasteiger partial charge in [-0.25, -0.2) is 0 Å². The third-order valence-electron chi connectivity index (χ3n) is 4.10. The van der Waals surface area contributed by atoms with Crippen LogP contribution in [0.5, 0.6) is 0 Å². The van der Waals surface area contributed by atoms with E-state index in [1.54, 1.807) is 47.6 Å². The molecule has 3 rings (SSSR count). The van der Waals surface area contributed by atoms with E-state index in [4.69, 9.17) is 5.73 Å². The Kier molecular flexibility index (Phi) is 5.47. The van der Waals surface area contributed by atoms with Gasteiger partial charge >= 0.3 is 0 Å². The molecule has 0 atom stereocenters. The largest absolute Gasteiger partial charge is 0.397 e. The van der Waals surface area contributed by atoms with E-state index < -0.39 is 0 Å². The van der Waals surface area contributed by atoms with Crippen LogP contribution < -0.4 is 16.0 Å². The van der Waals surface area contributed by atoms with Gasteiger partial charge in [-0.3, -0.25) is 14.6 Å². The number of hydrogen-bond acceptors (Lipinski definition) is 4. The average Bonchev–Trinajstić information content (AvgIpc) is 2.68. The number of nitrogen functional groups attached to an aromatic ring is 1. The van der Waals surface area contributed by atoms with Gasteiger partial charge in [0, 0.05) is 18.7 Å². The highest BCUT2D eigenvalue weighted by Gasteiger charge is 2.13. The zero-order valence-electron chi connectivity index (χ0n) is 14.9. The number of pyridine rings is 1. The van der Waals surface area contributed by atoms with Crippen LogP contribution in [0.3, 0.4) is 0 Å². The lowest BCUT2D eigenvalue weighted by atomic mass is 10.1. The molecule has 2 amide bonds. The second-order valence-electron chi connectivity index (χ2n) is 6.05. The number of benzene rings is 2. The number of amides is 2. The first kappa shape index (κ1) is 18.1. The summed E-state index contributed by atoms with van der Waals surface area (Å²) in [5, 5.41) is 2.79. The molecule has 0 unspecified atom stereocenters. The molecule has 0 radical (unpaired) electrons. The van der Waals surface area contributed by atoms with Crippen LogP contribution in [0.15, 0.2) is 73.1 Å². The van der Waals surface area contributed by atoms with E-state index in [2.05, 4.69) is 10.3 Å². The topological polar surface area (TPSA) is 88.3 Å². The third-order valence-corrected chi connectivity index (χ3v) is 4.10. The van der Waals surface area contributed by atoms with Crippen molar-refractivity contribution in [2.75, 3.05) is 16.0 Å². The van der Waals surface area contributed by atoms with Crippen LogP contribution in [0.1, 0.15) is 22.8 Å². The van der Waals surface area contributed by atoms with Gasteiger partial charge in [0.05, 0.1) is 29.8 Å². The molecule has 1 heterocycles. The number of nitrogens with one attached hydrogen (secondary N) is 1. The Hall–Kier alpha value is -3.67. The number of hydrogen-bond donors (Lipinski definition) is 2. The number of nitrogens with two attached hydrogens (primary N) is 1. The first-order chi connectivity index (χ1) is 13.0. The first-order valence-electron chi connectivity index (χ1n) is 8.47. The Morgan fingerprint density at radius 2 is 1.78 bits per heavy atom. The number of anilines is 3. The molecular formula is C21H20N4O2. The van der Waals surface area contributed by atoms with E-state index in [-0.39, 0.29) is 11.8 Å². The fourth-order valence-electron chi connectivity index (χ4n) is 2.65. The molecule has 136 valence electrons. The molecule has 0 saturated heterocycles. The minimum Gasteiger partial charge on any atom is -0.397 e. The van der Waals surface area contributed by atoms with Crippen molar-refractivity contribution in [2.24, 2.45) is 0 Å². The fourth-order valence-corrected chi connectivity index (χ4v) is 2.65. The highest BCUT2D eigenvalue weighted by molar-refractivity contribution is 6.05. The highest BCUT2D eigenvalue weighted by Crippen LogP contribution is 2.19. The Balaban J connectivity index is 1.72. The first-order valence-corrected chi connectivity index (χ1v) is 8.47. The molecule has 0 saturated carbocycles. The summed E-state index contributed by atoms with van der Waals surface area (Å²) in [6.07, 6.45) is 3.31. The van der Waals surface area contributed by atoms with Crippen LogP contribution in [-0.2, 0) is 11.3 Å². The van der Waals surface area contributed by atoms with E-state index >= 15 is 0 Å². The number of nitrogens with zero attached hydrogens (tertiary/aromatic N) is 2. The van der Waals surface area contributed by atoms with E-state index in [0.717, 1.165) is 11.3 Å². The quantitative estimate of drug-likeness (QED) is 0.682. The number of para-hydroxylation sites is 2. The lowest BCUT2D eigenvalue weighted by Crippen LogP contribution is -2.27. The lowest BCUT2D eigenvalue weighted by Gasteiger charge is -2.21. The maximum Gasteiger partial charge on any atom is 0.255 e. The minimum absolute atomic E-state index is 0.0793. The van der Waals surface area contributed by atoms with Gasteiger partial charge < -0.3 is 16.0 Å². The van der Waals surface area contributed by atoms with E-state index in [1.165, 1.54) is 6.92 Å². The van der Waals surface area contributed by atoms with Gasteiger partial charge in [0.2, 0.25) is 5.91 Å². The summed E-state index contributed by atoms with van der Waals surface area (Å²) >= 11 is 0. The van der Waals surface area contributed by atoms with Gasteiger partial charge in [0.25, 0.3) is 5.91 Å². The molecule has 0 bridgehead atoms. The molecule has 0 aliphatic rings. The van der Waals surface area contributed by atoms with Gasteiger partial charge in [0.15, 0.2) is 0 Å². The number of aromatic nitrogens is 1. The van der Waals surface area contributed by atoms with E-state index in [9.17, 15) is 9.59 Å². The predicted octanol–water partition coefficient (Wildman–Crippen LogP) is 3.47. The Morgan fingerprint density at radius 1 is 1.04 bits per heavy atom. The summed E-state index contributed by atoms with van der Waals surface area (Å²) in [5.41, 5.74) is 9.08. The normalized spacial score (nSPS) is 10.3. The molecule has 0 aliphatic heterocycles. The monoisotopic (exact) mass is 360 g/mol. The maximum atomic E-state index is 12.4. The molecule has 0 aliphatic carbocycles. The van der Waals surface area contributed by atoms with Gasteiger partial charge in [-0.05, 0) is 42.0 Å². The van der Waals surface area contributed by atoms with Gasteiger partial charge in [0.1, 0.15) is 0 Å². The summed E-state index contributed by atoms with van der Waals surface area (Å²) in [6, 6.07) is 17.8. The number of carbonyl (C=O) groups is 2. The van der Waals surface area contributed by atoms with Crippen molar-refractivity contribution in [3.8, 4) is 0 Å². The highest BCUT2D eigenvalue weighted by atomic mass is 16.2. The van der Waals surface area contributed by atoms with Crippen molar-refractivity contribution < 1.29 is 9.59 Å². The third kappa shape index (κ3) is 4.49. The van der Waals surface area contributed by atoms with Crippen molar-refractivity contribution in [3.63, 3.8) is 0 Å². The van der Waals surface area contributed by atoms with E-state index in [0.29, 0.717) is 23.5 Å². The van der Waals surface area contributed by atoms with E-state index in [1.807, 2.05) is 30.3 Å². The van der Waals surface area contributed by atoms with Crippen LogP contribution in [0.4, 0.5) is 17.1 Å². The smallest absolute Gasteiger partial charge is 0.255 e. The lowest BCUT2D eigenvalue weighted by molar-refractivity contribution is -0.116. The molecule has 2 aromatic carbocycles. The van der Waals surface area contributed by atoms with Crippen LogP contribution in [0.2, 0.25) is 0 Å². The summed E-state index contributed by atoms with van der Waals surface area (Å²) in [7, 11) is 0. The van der Waals surface area contributed by atoms with Gasteiger partial charge in [-0.1, -0.05) is 24.3 Å². The fraction of sp³-hybridized carbons (Fsp3) is 0.0952. The van der Waals surface area contributed by atoms with Crippen molar-refractivity contribution >= 4 is 28.9 Å². The summed E-state index contributed by atoms with van der Waals surface area (Å²) in [6.45, 7) is 1.91. The minimum atomic E-state index is -0.241. The van der Waals surface area contributed by atoms with Crippen molar-refractivity contribution in [2.45, 2.75) is 13.5 Å². The Labute approximate surface area is 157 Å². The van der Waals surface area contributed by atoms with Crippen molar-refractivity contribution in [3.05, 3.63) is 84.2 Å². The molecule has 3 N–H and O–H groups in total. The van der Waals surface area contributed by atoms with Crippen LogP contribution >= 0.6 is 0 Å². The maximum absolute atomic E-state index is 12.4. The van der Waals surface area contributed by atoms with Gasteiger partial charge in [-0.15, -0.1) is 0 Å². The predicted molar refractivity (Wildman–Crippen MR) is 106 cm³/mol. The summed E-state index contributed by atoms with van der Waals surface area (Å²) in [4.78, 5) is 30.1. The standard InChI is InChI=1S/C21H20N4O2/c1-15(26)25(18-5-4-12-23-13-18)14-16-8-10-17(11-9-16)21(27)24-20-7-3-2-6-19(20)22/h2-13H,14,22H2,1H3,(H,24,27). The van der Waals surface area contributed by atoms with Crippen LogP contribution in [0, 0.1) is 0 Å². The summed E-state index contributed by atoms with van der Waals surface area (Å²) < 4.78 is 0. The second kappa shape index (κ2) is 8.14.